The van der Waals surface area contributed by atoms with Crippen LogP contribution in [0.3, 0.4) is 0 Å². The van der Waals surface area contributed by atoms with Gasteiger partial charge in [0.1, 0.15) is 5.82 Å². The van der Waals surface area contributed by atoms with Gasteiger partial charge in [-0.05, 0) is 54.5 Å². The number of anilines is 2. The summed E-state index contributed by atoms with van der Waals surface area (Å²) in [6.45, 7) is 5.51. The molecule has 7 nitrogen and oxygen atoms in total. The number of carbonyl (C=O) groups is 1. The predicted molar refractivity (Wildman–Crippen MR) is 128 cm³/mol. The number of nitrogens with zero attached hydrogens (tertiary/aromatic N) is 2. The summed E-state index contributed by atoms with van der Waals surface area (Å²) in [5.74, 6) is -0.217. The number of hydrogen-bond donors (Lipinski definition) is 2. The molecule has 1 saturated heterocycles. The van der Waals surface area contributed by atoms with Crippen LogP contribution in [0.25, 0.3) is 0 Å². The van der Waals surface area contributed by atoms with E-state index in [1.165, 1.54) is 18.2 Å². The number of rotatable bonds is 4. The van der Waals surface area contributed by atoms with Crippen LogP contribution in [0.1, 0.15) is 13.8 Å². The van der Waals surface area contributed by atoms with E-state index in [-0.39, 0.29) is 22.9 Å². The summed E-state index contributed by atoms with van der Waals surface area (Å²) in [5.41, 5.74) is 0.994. The first kappa shape index (κ1) is 23.9. The summed E-state index contributed by atoms with van der Waals surface area (Å²) in [5, 5.41) is 6.34. The lowest BCUT2D eigenvalue weighted by atomic mass is 10.00. The molecule has 0 aliphatic carbocycles. The lowest BCUT2D eigenvalue weighted by Crippen LogP contribution is -2.59. The normalized spacial score (nSPS) is 16.7. The molecule has 0 radical (unpaired) electrons. The van der Waals surface area contributed by atoms with Gasteiger partial charge in [0.05, 0.1) is 10.9 Å². The van der Waals surface area contributed by atoms with Crippen LogP contribution in [-0.2, 0) is 9.84 Å². The molecule has 3 rings (SSSR count). The summed E-state index contributed by atoms with van der Waals surface area (Å²) in [6, 6.07) is 12.0. The quantitative estimate of drug-likeness (QED) is 0.651. The number of urea groups is 1. The smallest absolute Gasteiger partial charge is 0.321 e. The second kappa shape index (κ2) is 9.83. The van der Waals surface area contributed by atoms with Gasteiger partial charge in [0, 0.05) is 37.3 Å². The molecule has 0 bridgehead atoms. The van der Waals surface area contributed by atoms with Crippen molar-refractivity contribution in [2.45, 2.75) is 24.8 Å². The Labute approximate surface area is 193 Å². The van der Waals surface area contributed by atoms with Gasteiger partial charge in [-0.3, -0.25) is 0 Å². The summed E-state index contributed by atoms with van der Waals surface area (Å²) >= 11 is 5.62. The van der Waals surface area contributed by atoms with Crippen molar-refractivity contribution in [1.82, 2.24) is 9.80 Å². The second-order valence-electron chi connectivity index (χ2n) is 8.12. The SMILES string of the molecule is CC(C)C1CN(C(=O)Nc2cccc(F)c2)CCN1C(=S)Nc1cccc(S(C)(=O)=O)c1. The number of piperazine rings is 1. The molecule has 32 heavy (non-hydrogen) atoms. The number of amides is 2. The lowest BCUT2D eigenvalue weighted by Gasteiger charge is -2.44. The molecule has 1 aliphatic rings. The molecular weight excluding hydrogens is 451 g/mol. The van der Waals surface area contributed by atoms with Crippen LogP contribution in [0.15, 0.2) is 53.4 Å². The van der Waals surface area contributed by atoms with Gasteiger partial charge >= 0.3 is 6.03 Å². The third-order valence-corrected chi connectivity index (χ3v) is 6.77. The van der Waals surface area contributed by atoms with E-state index in [1.807, 2.05) is 4.90 Å². The minimum absolute atomic E-state index is 0.0416. The van der Waals surface area contributed by atoms with Crippen LogP contribution in [0.2, 0.25) is 0 Å². The van der Waals surface area contributed by atoms with Gasteiger partial charge < -0.3 is 20.4 Å². The van der Waals surface area contributed by atoms with E-state index in [2.05, 4.69) is 24.5 Å². The molecule has 1 heterocycles. The molecule has 2 N–H and O–H groups in total. The molecule has 2 aromatic rings. The first-order valence-electron chi connectivity index (χ1n) is 10.2. The molecule has 172 valence electrons. The summed E-state index contributed by atoms with van der Waals surface area (Å²) in [6.07, 6.45) is 1.16. The monoisotopic (exact) mass is 478 g/mol. The van der Waals surface area contributed by atoms with Crippen molar-refractivity contribution in [2.24, 2.45) is 5.92 Å². The summed E-state index contributed by atoms with van der Waals surface area (Å²) in [7, 11) is -3.33. The van der Waals surface area contributed by atoms with E-state index < -0.39 is 15.7 Å². The summed E-state index contributed by atoms with van der Waals surface area (Å²) < 4.78 is 37.1. The van der Waals surface area contributed by atoms with Crippen molar-refractivity contribution in [3.63, 3.8) is 0 Å². The van der Waals surface area contributed by atoms with Gasteiger partial charge in [-0.2, -0.15) is 0 Å². The van der Waals surface area contributed by atoms with E-state index in [1.54, 1.807) is 35.2 Å². The maximum atomic E-state index is 13.4. The highest BCUT2D eigenvalue weighted by atomic mass is 32.2. The number of hydrogen-bond acceptors (Lipinski definition) is 4. The van der Waals surface area contributed by atoms with Gasteiger partial charge in [-0.15, -0.1) is 0 Å². The Morgan fingerprint density at radius 1 is 1.09 bits per heavy atom. The van der Waals surface area contributed by atoms with E-state index in [9.17, 15) is 17.6 Å². The number of carbonyl (C=O) groups excluding carboxylic acids is 1. The van der Waals surface area contributed by atoms with Crippen LogP contribution in [0.4, 0.5) is 20.6 Å². The second-order valence-corrected chi connectivity index (χ2v) is 10.5. The van der Waals surface area contributed by atoms with E-state index in [0.29, 0.717) is 36.1 Å². The molecule has 2 amide bonds. The average Bonchev–Trinajstić information content (AvgIpc) is 2.72. The first-order valence-corrected chi connectivity index (χ1v) is 12.5. The van der Waals surface area contributed by atoms with Crippen LogP contribution < -0.4 is 10.6 Å². The maximum Gasteiger partial charge on any atom is 0.321 e. The van der Waals surface area contributed by atoms with Crippen molar-refractivity contribution < 1.29 is 17.6 Å². The van der Waals surface area contributed by atoms with Gasteiger partial charge in [0.15, 0.2) is 14.9 Å². The molecule has 1 unspecified atom stereocenters. The van der Waals surface area contributed by atoms with Crippen LogP contribution in [0, 0.1) is 11.7 Å². The third kappa shape index (κ3) is 5.95. The molecular formula is C22H27FN4O3S2. The third-order valence-electron chi connectivity index (χ3n) is 5.33. The number of benzene rings is 2. The van der Waals surface area contributed by atoms with Crippen molar-refractivity contribution in [1.29, 1.82) is 0 Å². The molecule has 0 saturated carbocycles. The Morgan fingerprint density at radius 2 is 1.75 bits per heavy atom. The van der Waals surface area contributed by atoms with E-state index >= 15 is 0 Å². The van der Waals surface area contributed by atoms with Crippen LogP contribution in [-0.4, -0.2) is 61.3 Å². The average molecular weight is 479 g/mol. The molecule has 0 spiro atoms. The number of thiocarbonyl (C=S) groups is 1. The van der Waals surface area contributed by atoms with Crippen molar-refractivity contribution >= 4 is 44.6 Å². The number of halogens is 1. The molecule has 1 fully saturated rings. The Kier molecular flexibility index (Phi) is 7.35. The molecule has 10 heteroatoms. The topological polar surface area (TPSA) is 81.8 Å². The van der Waals surface area contributed by atoms with Gasteiger partial charge in [0.25, 0.3) is 0 Å². The van der Waals surface area contributed by atoms with Gasteiger partial charge in [-0.25, -0.2) is 17.6 Å². The van der Waals surface area contributed by atoms with Crippen LogP contribution >= 0.6 is 12.2 Å². The van der Waals surface area contributed by atoms with E-state index in [0.717, 1.165) is 6.26 Å². The van der Waals surface area contributed by atoms with Crippen molar-refractivity contribution in [3.05, 3.63) is 54.3 Å². The number of sulfone groups is 1. The fourth-order valence-corrected chi connectivity index (χ4v) is 4.60. The fourth-order valence-electron chi connectivity index (χ4n) is 3.59. The highest BCUT2D eigenvalue weighted by Gasteiger charge is 2.33. The minimum atomic E-state index is -3.33. The highest BCUT2D eigenvalue weighted by molar-refractivity contribution is 7.90. The Hall–Kier alpha value is -2.72. The predicted octanol–water partition coefficient (Wildman–Crippen LogP) is 3.80. The Morgan fingerprint density at radius 3 is 2.38 bits per heavy atom. The van der Waals surface area contributed by atoms with Crippen molar-refractivity contribution in [2.75, 3.05) is 36.5 Å². The standard InChI is InChI=1S/C22H27FN4O3S2/c1-15(2)20-14-26(21(28)24-17-7-4-6-16(23)12-17)10-11-27(20)22(31)25-18-8-5-9-19(13-18)32(3,29)30/h4-9,12-13,15,20H,10-11,14H2,1-3H3,(H,24,28)(H,25,31). The molecule has 1 atom stereocenters. The largest absolute Gasteiger partial charge is 0.342 e. The molecule has 0 aromatic heterocycles. The first-order chi connectivity index (χ1) is 15.0. The zero-order valence-electron chi connectivity index (χ0n) is 18.2. The Bertz CT molecular complexity index is 1110. The fraction of sp³-hybridized carbons (Fsp3) is 0.364. The molecule has 2 aromatic carbocycles. The molecule has 1 aliphatic heterocycles. The number of nitrogens with one attached hydrogen (secondary N) is 2. The summed E-state index contributed by atoms with van der Waals surface area (Å²) in [4.78, 5) is 16.6. The van der Waals surface area contributed by atoms with E-state index in [4.69, 9.17) is 12.2 Å². The highest BCUT2D eigenvalue weighted by Crippen LogP contribution is 2.22. The van der Waals surface area contributed by atoms with Crippen LogP contribution in [0.5, 0.6) is 0 Å². The Balaban J connectivity index is 1.68. The zero-order chi connectivity index (χ0) is 23.5. The van der Waals surface area contributed by atoms with Gasteiger partial charge in [-0.1, -0.05) is 26.0 Å². The zero-order valence-corrected chi connectivity index (χ0v) is 19.8. The maximum absolute atomic E-state index is 13.4. The lowest BCUT2D eigenvalue weighted by molar-refractivity contribution is 0.122. The van der Waals surface area contributed by atoms with Crippen molar-refractivity contribution in [3.8, 4) is 0 Å². The van der Waals surface area contributed by atoms with Gasteiger partial charge in [0.2, 0.25) is 0 Å². The minimum Gasteiger partial charge on any atom is -0.342 e.